The first-order valence-electron chi connectivity index (χ1n) is 5.43. The zero-order chi connectivity index (χ0) is 14.6. The Labute approximate surface area is 114 Å². The van der Waals surface area contributed by atoms with Gasteiger partial charge in [0.05, 0.1) is 25.0 Å². The third-order valence-electron chi connectivity index (χ3n) is 2.70. The Bertz CT molecular complexity index is 481. The summed E-state index contributed by atoms with van der Waals surface area (Å²) in [5.74, 6) is -2.36. The number of carboxylic acid groups (broad SMARTS) is 1. The number of halogens is 1. The number of nitrogens with two attached hydrogens (primary N) is 1. The third-order valence-corrected chi connectivity index (χ3v) is 3.48. The smallest absolute Gasteiger partial charge is 0.312 e. The average Bonchev–Trinajstić information content (AvgIpc) is 2.38. The van der Waals surface area contributed by atoms with Crippen molar-refractivity contribution in [3.05, 3.63) is 17.4 Å². The van der Waals surface area contributed by atoms with Gasteiger partial charge in [0.1, 0.15) is 5.82 Å². The number of aliphatic carboxylic acids is 1. The van der Waals surface area contributed by atoms with Crippen molar-refractivity contribution in [3.63, 3.8) is 0 Å². The van der Waals surface area contributed by atoms with Crippen LogP contribution in [0.4, 0.5) is 4.39 Å². The predicted octanol–water partition coefficient (Wildman–Crippen LogP) is 1.69. The molecular weight excluding hydrogens is 273 g/mol. The highest BCUT2D eigenvalue weighted by molar-refractivity contribution is 7.98. The van der Waals surface area contributed by atoms with Crippen molar-refractivity contribution in [2.24, 2.45) is 5.73 Å². The lowest BCUT2D eigenvalue weighted by Crippen LogP contribution is -2.22. The standard InChI is InChI=1S/C12H16FNO4S/c1-17-9-6(7(5-14)12(15)16)4-8(13)11(19-3)10(9)18-2/h4,7H,5,14H2,1-3H3,(H,15,16). The number of rotatable bonds is 6. The molecule has 0 spiro atoms. The second-order valence-corrected chi connectivity index (χ2v) is 4.49. The van der Waals surface area contributed by atoms with Gasteiger partial charge in [0.15, 0.2) is 11.5 Å². The molecule has 106 valence electrons. The Morgan fingerprint density at radius 3 is 2.42 bits per heavy atom. The molecule has 0 saturated carbocycles. The zero-order valence-electron chi connectivity index (χ0n) is 10.9. The Hall–Kier alpha value is -1.47. The highest BCUT2D eigenvalue weighted by Crippen LogP contribution is 2.43. The van der Waals surface area contributed by atoms with Crippen molar-refractivity contribution < 1.29 is 23.8 Å². The molecule has 0 aromatic heterocycles. The van der Waals surface area contributed by atoms with E-state index in [0.717, 1.165) is 17.8 Å². The molecule has 0 radical (unpaired) electrons. The molecule has 0 aliphatic rings. The fourth-order valence-corrected chi connectivity index (χ4v) is 2.43. The molecule has 1 atom stereocenters. The second kappa shape index (κ2) is 6.63. The Kier molecular flexibility index (Phi) is 5.44. The lowest BCUT2D eigenvalue weighted by Gasteiger charge is -2.19. The van der Waals surface area contributed by atoms with E-state index in [-0.39, 0.29) is 28.5 Å². The Morgan fingerprint density at radius 2 is 2.05 bits per heavy atom. The number of hydrogen-bond donors (Lipinski definition) is 2. The van der Waals surface area contributed by atoms with Crippen LogP contribution in [0.2, 0.25) is 0 Å². The largest absolute Gasteiger partial charge is 0.492 e. The third kappa shape index (κ3) is 2.93. The average molecular weight is 289 g/mol. The van der Waals surface area contributed by atoms with E-state index in [4.69, 9.17) is 20.3 Å². The topological polar surface area (TPSA) is 81.8 Å². The van der Waals surface area contributed by atoms with Crippen molar-refractivity contribution in [1.82, 2.24) is 0 Å². The van der Waals surface area contributed by atoms with Crippen LogP contribution in [-0.2, 0) is 4.79 Å². The van der Waals surface area contributed by atoms with Crippen molar-refractivity contribution >= 4 is 17.7 Å². The number of hydrogen-bond acceptors (Lipinski definition) is 5. The van der Waals surface area contributed by atoms with Crippen molar-refractivity contribution in [2.75, 3.05) is 27.0 Å². The number of thioether (sulfide) groups is 1. The number of methoxy groups -OCH3 is 2. The first-order valence-corrected chi connectivity index (χ1v) is 6.65. The highest BCUT2D eigenvalue weighted by Gasteiger charge is 2.28. The van der Waals surface area contributed by atoms with E-state index >= 15 is 0 Å². The normalized spacial score (nSPS) is 12.1. The number of ether oxygens (including phenoxy) is 2. The van der Waals surface area contributed by atoms with Gasteiger partial charge in [0.2, 0.25) is 0 Å². The van der Waals surface area contributed by atoms with Gasteiger partial charge in [-0.3, -0.25) is 4.79 Å². The van der Waals surface area contributed by atoms with Crippen LogP contribution < -0.4 is 15.2 Å². The molecule has 0 amide bonds. The van der Waals surface area contributed by atoms with Crippen LogP contribution in [0.25, 0.3) is 0 Å². The lowest BCUT2D eigenvalue weighted by atomic mass is 9.97. The molecule has 0 bridgehead atoms. The number of benzene rings is 1. The van der Waals surface area contributed by atoms with Gasteiger partial charge in [-0.05, 0) is 12.3 Å². The van der Waals surface area contributed by atoms with Crippen LogP contribution in [0, 0.1) is 5.82 Å². The maximum absolute atomic E-state index is 14.0. The summed E-state index contributed by atoms with van der Waals surface area (Å²) in [5, 5.41) is 9.12. The molecule has 1 aromatic carbocycles. The summed E-state index contributed by atoms with van der Waals surface area (Å²) in [6.07, 6.45) is 1.69. The van der Waals surface area contributed by atoms with Gasteiger partial charge in [-0.2, -0.15) is 0 Å². The molecule has 7 heteroatoms. The zero-order valence-corrected chi connectivity index (χ0v) is 11.7. The molecule has 1 rings (SSSR count). The van der Waals surface area contributed by atoms with Gasteiger partial charge in [0.25, 0.3) is 0 Å². The molecule has 0 fully saturated rings. The molecule has 0 saturated heterocycles. The molecule has 0 aliphatic carbocycles. The fraction of sp³-hybridized carbons (Fsp3) is 0.417. The lowest BCUT2D eigenvalue weighted by molar-refractivity contribution is -0.138. The van der Waals surface area contributed by atoms with Gasteiger partial charge >= 0.3 is 5.97 Å². The van der Waals surface area contributed by atoms with E-state index in [9.17, 15) is 9.18 Å². The van der Waals surface area contributed by atoms with Gasteiger partial charge in [-0.25, -0.2) is 4.39 Å². The van der Waals surface area contributed by atoms with Crippen LogP contribution in [0.3, 0.4) is 0 Å². The van der Waals surface area contributed by atoms with Crippen LogP contribution in [0.5, 0.6) is 11.5 Å². The summed E-state index contributed by atoms with van der Waals surface area (Å²) in [5.41, 5.74) is 5.61. The van der Waals surface area contributed by atoms with Crippen LogP contribution in [0.15, 0.2) is 11.0 Å². The second-order valence-electron chi connectivity index (χ2n) is 3.67. The minimum Gasteiger partial charge on any atom is -0.492 e. The van der Waals surface area contributed by atoms with E-state index in [1.807, 2.05) is 0 Å². The molecule has 1 aromatic rings. The van der Waals surface area contributed by atoms with Crippen LogP contribution in [0.1, 0.15) is 11.5 Å². The van der Waals surface area contributed by atoms with E-state index < -0.39 is 17.7 Å². The van der Waals surface area contributed by atoms with E-state index in [0.29, 0.717) is 0 Å². The predicted molar refractivity (Wildman–Crippen MR) is 70.7 cm³/mol. The molecule has 3 N–H and O–H groups in total. The van der Waals surface area contributed by atoms with E-state index in [1.54, 1.807) is 6.26 Å². The molecule has 5 nitrogen and oxygen atoms in total. The SMILES string of the molecule is COc1c(C(CN)C(=O)O)cc(F)c(SC)c1OC. The summed E-state index contributed by atoms with van der Waals surface area (Å²) < 4.78 is 24.3. The number of carboxylic acids is 1. The molecule has 0 heterocycles. The van der Waals surface area contributed by atoms with Gasteiger partial charge in [-0.1, -0.05) is 0 Å². The highest BCUT2D eigenvalue weighted by atomic mass is 32.2. The molecular formula is C12H16FNO4S. The first-order chi connectivity index (χ1) is 9.01. The van der Waals surface area contributed by atoms with Gasteiger partial charge < -0.3 is 20.3 Å². The minimum atomic E-state index is -1.14. The Morgan fingerprint density at radius 1 is 1.47 bits per heavy atom. The maximum atomic E-state index is 14.0. The minimum absolute atomic E-state index is 0.160. The molecule has 1 unspecified atom stereocenters. The summed E-state index contributed by atoms with van der Waals surface area (Å²) in [6.45, 7) is -0.160. The summed E-state index contributed by atoms with van der Waals surface area (Å²) in [4.78, 5) is 11.4. The van der Waals surface area contributed by atoms with Crippen molar-refractivity contribution in [1.29, 1.82) is 0 Å². The summed E-state index contributed by atoms with van der Waals surface area (Å²) in [7, 11) is 2.75. The fourth-order valence-electron chi connectivity index (χ4n) is 1.82. The summed E-state index contributed by atoms with van der Waals surface area (Å²) >= 11 is 1.15. The van der Waals surface area contributed by atoms with Gasteiger partial charge in [-0.15, -0.1) is 11.8 Å². The number of carbonyl (C=O) groups is 1. The first kappa shape index (κ1) is 15.6. The van der Waals surface area contributed by atoms with Crippen molar-refractivity contribution in [3.8, 4) is 11.5 Å². The molecule has 19 heavy (non-hydrogen) atoms. The summed E-state index contributed by atoms with van der Waals surface area (Å²) in [6, 6.07) is 1.14. The molecule has 0 aliphatic heterocycles. The van der Waals surface area contributed by atoms with E-state index in [1.165, 1.54) is 14.2 Å². The van der Waals surface area contributed by atoms with Crippen molar-refractivity contribution in [2.45, 2.75) is 10.8 Å². The van der Waals surface area contributed by atoms with Gasteiger partial charge in [0, 0.05) is 12.1 Å². The van der Waals surface area contributed by atoms with Crippen LogP contribution >= 0.6 is 11.8 Å². The maximum Gasteiger partial charge on any atom is 0.312 e. The Balaban J connectivity index is 3.56. The quantitative estimate of drug-likeness (QED) is 0.776. The monoisotopic (exact) mass is 289 g/mol. The van der Waals surface area contributed by atoms with Crippen LogP contribution in [-0.4, -0.2) is 38.1 Å². The van der Waals surface area contributed by atoms with E-state index in [2.05, 4.69) is 0 Å².